The number of hydrogen-bond acceptors (Lipinski definition) is 4. The van der Waals surface area contributed by atoms with E-state index >= 15 is 0 Å². The van der Waals surface area contributed by atoms with E-state index in [1.165, 1.54) is 6.21 Å². The third-order valence-electron chi connectivity index (χ3n) is 2.08. The molecule has 15 heavy (non-hydrogen) atoms. The molecule has 4 nitrogen and oxygen atoms in total. The maximum atomic E-state index is 7.20. The molecule has 0 bridgehead atoms. The standard InChI is InChI=1S/C11H10N4/c12-5-9-4-11(15-7-10(9)13)8-2-1-3-14-6-8/h1-7,12H,13H2. The smallest absolute Gasteiger partial charge is 0.0725 e. The van der Waals surface area contributed by atoms with Crippen LogP contribution in [-0.4, -0.2) is 16.2 Å². The van der Waals surface area contributed by atoms with Crippen LogP contribution in [0.4, 0.5) is 5.69 Å². The lowest BCUT2D eigenvalue weighted by atomic mass is 10.1. The molecular weight excluding hydrogens is 188 g/mol. The van der Waals surface area contributed by atoms with Crippen LogP contribution >= 0.6 is 0 Å². The summed E-state index contributed by atoms with van der Waals surface area (Å²) in [7, 11) is 0. The van der Waals surface area contributed by atoms with Gasteiger partial charge in [-0.25, -0.2) is 0 Å². The lowest BCUT2D eigenvalue weighted by molar-refractivity contribution is 1.28. The lowest BCUT2D eigenvalue weighted by Gasteiger charge is -2.03. The van der Waals surface area contributed by atoms with Gasteiger partial charge in [0, 0.05) is 29.7 Å². The molecule has 0 unspecified atom stereocenters. The molecule has 0 amide bonds. The Morgan fingerprint density at radius 3 is 2.87 bits per heavy atom. The van der Waals surface area contributed by atoms with E-state index in [4.69, 9.17) is 11.1 Å². The van der Waals surface area contributed by atoms with Crippen molar-refractivity contribution in [2.75, 3.05) is 5.73 Å². The number of hydrogen-bond donors (Lipinski definition) is 2. The predicted octanol–water partition coefficient (Wildman–Crippen LogP) is 1.72. The van der Waals surface area contributed by atoms with Gasteiger partial charge in [-0.3, -0.25) is 9.97 Å². The summed E-state index contributed by atoms with van der Waals surface area (Å²) >= 11 is 0. The molecule has 4 heteroatoms. The van der Waals surface area contributed by atoms with E-state index in [0.717, 1.165) is 11.3 Å². The van der Waals surface area contributed by atoms with Gasteiger partial charge >= 0.3 is 0 Å². The van der Waals surface area contributed by atoms with Gasteiger partial charge in [0.05, 0.1) is 17.6 Å². The number of aromatic nitrogens is 2. The number of pyridine rings is 2. The molecule has 2 rings (SSSR count). The molecule has 0 saturated carbocycles. The van der Waals surface area contributed by atoms with Crippen LogP contribution in [0.15, 0.2) is 36.8 Å². The second-order valence-electron chi connectivity index (χ2n) is 3.08. The summed E-state index contributed by atoms with van der Waals surface area (Å²) in [6.45, 7) is 0. The van der Waals surface area contributed by atoms with E-state index in [9.17, 15) is 0 Å². The molecule has 0 saturated heterocycles. The summed E-state index contributed by atoms with van der Waals surface area (Å²) in [6, 6.07) is 5.54. The van der Waals surface area contributed by atoms with Crippen molar-refractivity contribution in [1.29, 1.82) is 5.41 Å². The van der Waals surface area contributed by atoms with E-state index in [0.29, 0.717) is 11.3 Å². The zero-order chi connectivity index (χ0) is 10.7. The first-order valence-corrected chi connectivity index (χ1v) is 4.47. The van der Waals surface area contributed by atoms with Crippen LogP contribution < -0.4 is 5.73 Å². The van der Waals surface area contributed by atoms with Crippen molar-refractivity contribution in [2.24, 2.45) is 0 Å². The van der Waals surface area contributed by atoms with Gasteiger partial charge < -0.3 is 11.1 Å². The summed E-state index contributed by atoms with van der Waals surface area (Å²) < 4.78 is 0. The highest BCUT2D eigenvalue weighted by Crippen LogP contribution is 2.18. The molecular formula is C11H10N4. The van der Waals surface area contributed by atoms with Crippen LogP contribution in [0.3, 0.4) is 0 Å². The molecule has 0 atom stereocenters. The molecule has 0 fully saturated rings. The van der Waals surface area contributed by atoms with Gasteiger partial charge in [-0.05, 0) is 18.2 Å². The normalized spacial score (nSPS) is 9.87. The molecule has 0 aromatic carbocycles. The molecule has 2 aromatic rings. The third-order valence-corrected chi connectivity index (χ3v) is 2.08. The van der Waals surface area contributed by atoms with Crippen LogP contribution in [0.25, 0.3) is 11.3 Å². The zero-order valence-corrected chi connectivity index (χ0v) is 8.01. The van der Waals surface area contributed by atoms with Crippen LogP contribution in [0.5, 0.6) is 0 Å². The number of rotatable bonds is 2. The summed E-state index contributed by atoms with van der Waals surface area (Å²) in [5.41, 5.74) is 8.52. The highest BCUT2D eigenvalue weighted by Gasteiger charge is 2.02. The fourth-order valence-corrected chi connectivity index (χ4v) is 1.28. The topological polar surface area (TPSA) is 75.7 Å². The summed E-state index contributed by atoms with van der Waals surface area (Å²) in [5.74, 6) is 0. The predicted molar refractivity (Wildman–Crippen MR) is 59.8 cm³/mol. The van der Waals surface area contributed by atoms with Gasteiger partial charge in [-0.1, -0.05) is 0 Å². The van der Waals surface area contributed by atoms with E-state index in [-0.39, 0.29) is 0 Å². The van der Waals surface area contributed by atoms with E-state index in [2.05, 4.69) is 9.97 Å². The van der Waals surface area contributed by atoms with Gasteiger partial charge in [0.2, 0.25) is 0 Å². The molecule has 0 aliphatic rings. The Morgan fingerprint density at radius 1 is 1.33 bits per heavy atom. The monoisotopic (exact) mass is 198 g/mol. The molecule has 2 aromatic heterocycles. The van der Waals surface area contributed by atoms with E-state index in [1.807, 2.05) is 12.1 Å². The molecule has 0 radical (unpaired) electrons. The van der Waals surface area contributed by atoms with Crippen LogP contribution in [-0.2, 0) is 0 Å². The first-order valence-electron chi connectivity index (χ1n) is 4.47. The van der Waals surface area contributed by atoms with Crippen LogP contribution in [0.1, 0.15) is 5.56 Å². The number of nitrogens with two attached hydrogens (primary N) is 1. The summed E-state index contributed by atoms with van der Waals surface area (Å²) in [5, 5.41) is 7.20. The Kier molecular flexibility index (Phi) is 2.41. The summed E-state index contributed by atoms with van der Waals surface area (Å²) in [6.07, 6.45) is 6.21. The first-order chi connectivity index (χ1) is 7.31. The number of nitrogens with one attached hydrogen (secondary N) is 1. The van der Waals surface area contributed by atoms with Crippen LogP contribution in [0.2, 0.25) is 0 Å². The number of anilines is 1. The van der Waals surface area contributed by atoms with Gasteiger partial charge in [0.25, 0.3) is 0 Å². The second kappa shape index (κ2) is 3.88. The van der Waals surface area contributed by atoms with Crippen molar-refractivity contribution in [3.8, 4) is 11.3 Å². The van der Waals surface area contributed by atoms with Crippen molar-refractivity contribution in [3.05, 3.63) is 42.4 Å². The lowest BCUT2D eigenvalue weighted by Crippen LogP contribution is -1.95. The van der Waals surface area contributed by atoms with Crippen LogP contribution in [0, 0.1) is 5.41 Å². The van der Waals surface area contributed by atoms with Crippen molar-refractivity contribution in [1.82, 2.24) is 9.97 Å². The van der Waals surface area contributed by atoms with Crippen molar-refractivity contribution in [2.45, 2.75) is 0 Å². The largest absolute Gasteiger partial charge is 0.397 e. The number of nitrogen functional groups attached to an aromatic ring is 1. The third kappa shape index (κ3) is 1.83. The average Bonchev–Trinajstić information content (AvgIpc) is 2.31. The molecule has 0 spiro atoms. The van der Waals surface area contributed by atoms with Gasteiger partial charge in [-0.2, -0.15) is 0 Å². The minimum atomic E-state index is 0.512. The molecule has 0 aliphatic heterocycles. The van der Waals surface area contributed by atoms with Gasteiger partial charge in [-0.15, -0.1) is 0 Å². The Morgan fingerprint density at radius 2 is 2.20 bits per heavy atom. The molecule has 2 heterocycles. The van der Waals surface area contributed by atoms with Gasteiger partial charge in [0.15, 0.2) is 0 Å². The van der Waals surface area contributed by atoms with Crippen molar-refractivity contribution < 1.29 is 0 Å². The van der Waals surface area contributed by atoms with E-state index in [1.54, 1.807) is 24.7 Å². The second-order valence-corrected chi connectivity index (χ2v) is 3.08. The molecule has 74 valence electrons. The zero-order valence-electron chi connectivity index (χ0n) is 8.01. The molecule has 0 aliphatic carbocycles. The van der Waals surface area contributed by atoms with Crippen molar-refractivity contribution >= 4 is 11.9 Å². The fraction of sp³-hybridized carbons (Fsp3) is 0. The SMILES string of the molecule is N=Cc1cc(-c2cccnc2)ncc1N. The maximum Gasteiger partial charge on any atom is 0.0725 e. The van der Waals surface area contributed by atoms with E-state index < -0.39 is 0 Å². The Bertz CT molecular complexity index is 479. The minimum Gasteiger partial charge on any atom is -0.397 e. The Balaban J connectivity index is 2.51. The van der Waals surface area contributed by atoms with Crippen molar-refractivity contribution in [3.63, 3.8) is 0 Å². The quantitative estimate of drug-likeness (QED) is 0.721. The fourth-order valence-electron chi connectivity index (χ4n) is 1.28. The highest BCUT2D eigenvalue weighted by molar-refractivity contribution is 5.86. The molecule has 3 N–H and O–H groups in total. The Hall–Kier alpha value is -2.23. The highest BCUT2D eigenvalue weighted by atomic mass is 14.7. The first kappa shape index (κ1) is 9.33. The minimum absolute atomic E-state index is 0.512. The number of nitrogens with zero attached hydrogens (tertiary/aromatic N) is 2. The van der Waals surface area contributed by atoms with Gasteiger partial charge in [0.1, 0.15) is 0 Å². The maximum absolute atomic E-state index is 7.20. The summed E-state index contributed by atoms with van der Waals surface area (Å²) in [4.78, 5) is 8.20. The average molecular weight is 198 g/mol. The Labute approximate surface area is 87.3 Å².